The summed E-state index contributed by atoms with van der Waals surface area (Å²) in [5, 5.41) is 3.24. The summed E-state index contributed by atoms with van der Waals surface area (Å²) in [6, 6.07) is 4.15. The largest absolute Gasteiger partial charge is 0.298 e. The van der Waals surface area contributed by atoms with Crippen molar-refractivity contribution in [3.8, 4) is 0 Å². The van der Waals surface area contributed by atoms with Crippen LogP contribution in [0.4, 0.5) is 5.13 Å². The van der Waals surface area contributed by atoms with Gasteiger partial charge in [-0.15, -0.1) is 11.3 Å². The molecule has 1 heterocycles. The number of carbonyl (C=O) groups excluding carboxylic acids is 1. The first-order valence-electron chi connectivity index (χ1n) is 7.33. The van der Waals surface area contributed by atoms with Gasteiger partial charge in [-0.25, -0.2) is 18.1 Å². The van der Waals surface area contributed by atoms with Crippen LogP contribution in [0, 0.1) is 13.8 Å². The normalized spacial score (nSPS) is 14.6. The van der Waals surface area contributed by atoms with Crippen LogP contribution in [0.25, 0.3) is 0 Å². The van der Waals surface area contributed by atoms with Gasteiger partial charge >= 0.3 is 0 Å². The fourth-order valence-corrected chi connectivity index (χ4v) is 4.67. The molecule has 128 valence electrons. The summed E-state index contributed by atoms with van der Waals surface area (Å²) in [6.07, 6.45) is 1.64. The first-order chi connectivity index (χ1) is 11.3. The van der Waals surface area contributed by atoms with Crippen molar-refractivity contribution in [1.29, 1.82) is 0 Å². The molecule has 0 aliphatic heterocycles. The van der Waals surface area contributed by atoms with E-state index in [4.69, 9.17) is 11.6 Å². The molecule has 0 radical (unpaired) electrons. The predicted octanol–water partition coefficient (Wildman–Crippen LogP) is 3.11. The third-order valence-electron chi connectivity index (χ3n) is 3.63. The molecular weight excluding hydrogens is 370 g/mol. The highest BCUT2D eigenvalue weighted by atomic mass is 35.5. The minimum Gasteiger partial charge on any atom is -0.298 e. The van der Waals surface area contributed by atoms with Crippen molar-refractivity contribution in [2.45, 2.75) is 37.6 Å². The lowest BCUT2D eigenvalue weighted by atomic mass is 10.2. The quantitative estimate of drug-likeness (QED) is 0.827. The van der Waals surface area contributed by atoms with Gasteiger partial charge in [0, 0.05) is 16.5 Å². The van der Waals surface area contributed by atoms with E-state index in [0.29, 0.717) is 5.13 Å². The molecular formula is C15H16ClN3O3S2. The monoisotopic (exact) mass is 385 g/mol. The maximum Gasteiger partial charge on any atom is 0.257 e. The first-order valence-corrected chi connectivity index (χ1v) is 10.0. The molecule has 1 aliphatic carbocycles. The zero-order valence-corrected chi connectivity index (χ0v) is 15.5. The second-order valence-corrected chi connectivity index (χ2v) is 8.95. The van der Waals surface area contributed by atoms with Crippen molar-refractivity contribution < 1.29 is 13.2 Å². The van der Waals surface area contributed by atoms with Crippen LogP contribution in [-0.2, 0) is 10.0 Å². The van der Waals surface area contributed by atoms with Gasteiger partial charge < -0.3 is 0 Å². The molecule has 1 amide bonds. The Hall–Kier alpha value is -1.48. The van der Waals surface area contributed by atoms with Crippen molar-refractivity contribution in [2.24, 2.45) is 0 Å². The predicted molar refractivity (Wildman–Crippen MR) is 94.3 cm³/mol. The van der Waals surface area contributed by atoms with E-state index in [0.717, 1.165) is 23.4 Å². The second kappa shape index (κ2) is 6.44. The van der Waals surface area contributed by atoms with E-state index in [1.165, 1.54) is 29.5 Å². The Kier molecular flexibility index (Phi) is 4.65. The maximum absolute atomic E-state index is 12.4. The molecule has 0 spiro atoms. The molecule has 2 aromatic rings. The number of amides is 1. The van der Waals surface area contributed by atoms with Crippen molar-refractivity contribution in [2.75, 3.05) is 5.32 Å². The molecule has 2 N–H and O–H groups in total. The van der Waals surface area contributed by atoms with Crippen LogP contribution in [-0.4, -0.2) is 25.4 Å². The van der Waals surface area contributed by atoms with Crippen LogP contribution in [0.15, 0.2) is 23.1 Å². The Morgan fingerprint density at radius 2 is 2.04 bits per heavy atom. The standard InChI is InChI=1S/C15H16ClN3O3S2/c1-8-9(2)23-15(17-8)18-14(20)10-3-6-12(16)13(7-10)24(21,22)19-11-4-5-11/h3,6-7,11,19H,4-5H2,1-2H3,(H,17,18,20). The summed E-state index contributed by atoms with van der Waals surface area (Å²) in [7, 11) is -3.73. The van der Waals surface area contributed by atoms with Gasteiger partial charge in [0.1, 0.15) is 4.90 Å². The molecule has 1 aromatic carbocycles. The number of sulfonamides is 1. The number of nitrogens with zero attached hydrogens (tertiary/aromatic N) is 1. The van der Waals surface area contributed by atoms with Crippen molar-refractivity contribution in [1.82, 2.24) is 9.71 Å². The number of carbonyl (C=O) groups is 1. The summed E-state index contributed by atoms with van der Waals surface area (Å²) in [5.41, 5.74) is 1.06. The highest BCUT2D eigenvalue weighted by Crippen LogP contribution is 2.27. The van der Waals surface area contributed by atoms with Crippen LogP contribution in [0.3, 0.4) is 0 Å². The SMILES string of the molecule is Cc1nc(NC(=O)c2ccc(Cl)c(S(=O)(=O)NC3CC3)c2)sc1C. The molecule has 0 unspecified atom stereocenters. The minimum absolute atomic E-state index is 0.0372. The number of halogens is 1. The number of rotatable bonds is 5. The number of hydrogen-bond donors (Lipinski definition) is 2. The summed E-state index contributed by atoms with van der Waals surface area (Å²) >= 11 is 7.38. The van der Waals surface area contributed by atoms with Gasteiger partial charge in [0.2, 0.25) is 10.0 Å². The van der Waals surface area contributed by atoms with E-state index in [1.54, 1.807) is 0 Å². The fraction of sp³-hybridized carbons (Fsp3) is 0.333. The molecule has 1 aliphatic rings. The van der Waals surface area contributed by atoms with Crippen molar-refractivity contribution >= 4 is 44.0 Å². The molecule has 1 aromatic heterocycles. The van der Waals surface area contributed by atoms with E-state index in [2.05, 4.69) is 15.0 Å². The summed E-state index contributed by atoms with van der Waals surface area (Å²) in [4.78, 5) is 17.5. The van der Waals surface area contributed by atoms with Crippen LogP contribution in [0.5, 0.6) is 0 Å². The molecule has 1 fully saturated rings. The Balaban J connectivity index is 1.85. The van der Waals surface area contributed by atoms with E-state index in [1.807, 2.05) is 13.8 Å². The van der Waals surface area contributed by atoms with E-state index >= 15 is 0 Å². The van der Waals surface area contributed by atoms with Crippen LogP contribution >= 0.6 is 22.9 Å². The number of nitrogens with one attached hydrogen (secondary N) is 2. The number of thiazole rings is 1. The zero-order valence-electron chi connectivity index (χ0n) is 13.1. The number of aryl methyl sites for hydroxylation is 2. The Morgan fingerprint density at radius 1 is 1.33 bits per heavy atom. The highest BCUT2D eigenvalue weighted by molar-refractivity contribution is 7.89. The van der Waals surface area contributed by atoms with E-state index in [-0.39, 0.29) is 21.5 Å². The summed E-state index contributed by atoms with van der Waals surface area (Å²) in [5.74, 6) is -0.428. The average molecular weight is 386 g/mol. The lowest BCUT2D eigenvalue weighted by Gasteiger charge is -2.09. The topological polar surface area (TPSA) is 88.2 Å². The fourth-order valence-electron chi connectivity index (χ4n) is 2.03. The number of benzene rings is 1. The summed E-state index contributed by atoms with van der Waals surface area (Å²) in [6.45, 7) is 3.77. The second-order valence-electron chi connectivity index (χ2n) is 5.66. The third kappa shape index (κ3) is 3.77. The molecule has 0 bridgehead atoms. The van der Waals surface area contributed by atoms with Gasteiger partial charge in [-0.2, -0.15) is 0 Å². The average Bonchev–Trinajstić information content (AvgIpc) is 3.24. The van der Waals surface area contributed by atoms with E-state index in [9.17, 15) is 13.2 Å². The summed E-state index contributed by atoms with van der Waals surface area (Å²) < 4.78 is 27.3. The van der Waals surface area contributed by atoms with Crippen molar-refractivity contribution in [3.05, 3.63) is 39.4 Å². The molecule has 1 saturated carbocycles. The molecule has 0 saturated heterocycles. The third-order valence-corrected chi connectivity index (χ3v) is 6.62. The zero-order chi connectivity index (χ0) is 17.5. The number of anilines is 1. The van der Waals surface area contributed by atoms with Gasteiger partial charge in [-0.1, -0.05) is 11.6 Å². The Labute approximate surface area is 149 Å². The van der Waals surface area contributed by atoms with Crippen LogP contribution < -0.4 is 10.0 Å². The van der Waals surface area contributed by atoms with Gasteiger partial charge in [0.15, 0.2) is 5.13 Å². The number of hydrogen-bond acceptors (Lipinski definition) is 5. The maximum atomic E-state index is 12.4. The van der Waals surface area contributed by atoms with Crippen molar-refractivity contribution in [3.63, 3.8) is 0 Å². The van der Waals surface area contributed by atoms with Gasteiger partial charge in [0.05, 0.1) is 10.7 Å². The molecule has 24 heavy (non-hydrogen) atoms. The molecule has 3 rings (SSSR count). The minimum atomic E-state index is -3.73. The lowest BCUT2D eigenvalue weighted by molar-refractivity contribution is 0.102. The van der Waals surface area contributed by atoms with E-state index < -0.39 is 15.9 Å². The van der Waals surface area contributed by atoms with Crippen LogP contribution in [0.1, 0.15) is 33.8 Å². The molecule has 0 atom stereocenters. The number of aromatic nitrogens is 1. The Bertz CT molecular complexity index is 885. The van der Waals surface area contributed by atoms with Gasteiger partial charge in [0.25, 0.3) is 5.91 Å². The van der Waals surface area contributed by atoms with Gasteiger partial charge in [-0.3, -0.25) is 10.1 Å². The highest BCUT2D eigenvalue weighted by Gasteiger charge is 2.29. The van der Waals surface area contributed by atoms with Gasteiger partial charge in [-0.05, 0) is 44.9 Å². The molecule has 6 nitrogen and oxygen atoms in total. The molecule has 9 heteroatoms. The lowest BCUT2D eigenvalue weighted by Crippen LogP contribution is -2.26. The smallest absolute Gasteiger partial charge is 0.257 e. The first kappa shape index (κ1) is 17.3. The van der Waals surface area contributed by atoms with Crippen LogP contribution in [0.2, 0.25) is 5.02 Å². The Morgan fingerprint density at radius 3 is 2.62 bits per heavy atom.